The minimum Gasteiger partial charge on any atom is -0.395 e. The van der Waals surface area contributed by atoms with Crippen LogP contribution in [0.5, 0.6) is 0 Å². The van der Waals surface area contributed by atoms with Crippen LogP contribution in [-0.2, 0) is 6.42 Å². The van der Waals surface area contributed by atoms with Gasteiger partial charge in [-0.1, -0.05) is 6.07 Å². The third-order valence-corrected chi connectivity index (χ3v) is 1.73. The van der Waals surface area contributed by atoms with Crippen molar-refractivity contribution in [2.45, 2.75) is 12.5 Å². The second kappa shape index (κ2) is 4.30. The van der Waals surface area contributed by atoms with E-state index in [0.717, 1.165) is 6.07 Å². The molecule has 0 radical (unpaired) electrons. The number of aliphatic hydroxyl groups excluding tert-OH is 1. The molecule has 0 aliphatic carbocycles. The first kappa shape index (κ1) is 10.1. The van der Waals surface area contributed by atoms with Crippen molar-refractivity contribution in [1.29, 1.82) is 0 Å². The van der Waals surface area contributed by atoms with Gasteiger partial charge in [-0.25, -0.2) is 8.78 Å². The molecule has 0 spiro atoms. The maximum absolute atomic E-state index is 13.0. The van der Waals surface area contributed by atoms with Crippen molar-refractivity contribution in [3.63, 3.8) is 0 Å². The summed E-state index contributed by atoms with van der Waals surface area (Å²) in [6, 6.07) is 2.81. The summed E-state index contributed by atoms with van der Waals surface area (Å²) in [5, 5.41) is 8.62. The molecule has 0 fully saturated rings. The summed E-state index contributed by atoms with van der Waals surface area (Å²) >= 11 is 0. The molecule has 0 unspecified atom stereocenters. The van der Waals surface area contributed by atoms with E-state index in [4.69, 9.17) is 10.8 Å². The highest BCUT2D eigenvalue weighted by atomic mass is 19.1. The summed E-state index contributed by atoms with van der Waals surface area (Å²) in [5.41, 5.74) is 5.72. The molecule has 1 atom stereocenters. The van der Waals surface area contributed by atoms with Gasteiger partial charge in [-0.15, -0.1) is 0 Å². The smallest absolute Gasteiger partial charge is 0.129 e. The Hall–Kier alpha value is -1.00. The largest absolute Gasteiger partial charge is 0.395 e. The van der Waals surface area contributed by atoms with Gasteiger partial charge < -0.3 is 10.8 Å². The predicted octanol–water partition coefficient (Wildman–Crippen LogP) is 0.827. The fourth-order valence-electron chi connectivity index (χ4n) is 1.03. The van der Waals surface area contributed by atoms with Gasteiger partial charge in [0, 0.05) is 12.1 Å². The lowest BCUT2D eigenvalue weighted by molar-refractivity contribution is 0.264. The summed E-state index contributed by atoms with van der Waals surface area (Å²) < 4.78 is 25.4. The summed E-state index contributed by atoms with van der Waals surface area (Å²) in [6.45, 7) is -0.211. The van der Waals surface area contributed by atoms with E-state index < -0.39 is 17.7 Å². The molecule has 0 bridgehead atoms. The summed E-state index contributed by atoms with van der Waals surface area (Å²) in [6.07, 6.45) is 0.211. The van der Waals surface area contributed by atoms with Gasteiger partial charge in [-0.05, 0) is 18.1 Å². The number of hydrogen-bond acceptors (Lipinski definition) is 2. The molecule has 0 saturated carbocycles. The van der Waals surface area contributed by atoms with Crippen LogP contribution in [0.25, 0.3) is 0 Å². The van der Waals surface area contributed by atoms with E-state index in [0.29, 0.717) is 5.56 Å². The van der Waals surface area contributed by atoms with E-state index >= 15 is 0 Å². The lowest BCUT2D eigenvalue weighted by atomic mass is 10.1. The van der Waals surface area contributed by atoms with Gasteiger partial charge in [0.1, 0.15) is 11.6 Å². The molecule has 1 rings (SSSR count). The summed E-state index contributed by atoms with van der Waals surface area (Å²) in [4.78, 5) is 0. The Morgan fingerprint density at radius 3 is 2.62 bits per heavy atom. The van der Waals surface area contributed by atoms with Crippen LogP contribution in [0.15, 0.2) is 18.2 Å². The Morgan fingerprint density at radius 1 is 1.38 bits per heavy atom. The van der Waals surface area contributed by atoms with Crippen LogP contribution in [0.2, 0.25) is 0 Å². The molecule has 1 aromatic rings. The van der Waals surface area contributed by atoms with Gasteiger partial charge in [0.2, 0.25) is 0 Å². The van der Waals surface area contributed by atoms with Crippen LogP contribution < -0.4 is 5.73 Å². The highest BCUT2D eigenvalue weighted by Crippen LogP contribution is 2.10. The molecule has 0 aliphatic rings. The predicted molar refractivity (Wildman–Crippen MR) is 45.1 cm³/mol. The lowest BCUT2D eigenvalue weighted by Gasteiger charge is -2.08. The Morgan fingerprint density at radius 2 is 2.08 bits per heavy atom. The first-order valence-electron chi connectivity index (χ1n) is 3.94. The van der Waals surface area contributed by atoms with Crippen molar-refractivity contribution in [2.24, 2.45) is 5.73 Å². The fraction of sp³-hybridized carbons (Fsp3) is 0.333. The second-order valence-corrected chi connectivity index (χ2v) is 2.88. The highest BCUT2D eigenvalue weighted by Gasteiger charge is 2.07. The van der Waals surface area contributed by atoms with Gasteiger partial charge in [-0.3, -0.25) is 0 Å². The first-order chi connectivity index (χ1) is 6.13. The molecule has 0 amide bonds. The summed E-state index contributed by atoms with van der Waals surface area (Å²) in [7, 11) is 0. The molecule has 72 valence electrons. The van der Waals surface area contributed by atoms with E-state index in [2.05, 4.69) is 0 Å². The number of nitrogens with two attached hydrogens (primary N) is 1. The number of rotatable bonds is 3. The van der Waals surface area contributed by atoms with Crippen molar-refractivity contribution in [3.05, 3.63) is 35.4 Å². The zero-order valence-corrected chi connectivity index (χ0v) is 7.00. The maximum atomic E-state index is 13.0. The van der Waals surface area contributed by atoms with Gasteiger partial charge >= 0.3 is 0 Å². The molecule has 0 aliphatic heterocycles. The number of halogens is 2. The van der Waals surface area contributed by atoms with Crippen LogP contribution in [0.1, 0.15) is 5.56 Å². The molecule has 0 aromatic heterocycles. The van der Waals surface area contributed by atoms with E-state index in [-0.39, 0.29) is 13.0 Å². The van der Waals surface area contributed by atoms with E-state index in [1.54, 1.807) is 0 Å². The third-order valence-electron chi connectivity index (χ3n) is 1.73. The van der Waals surface area contributed by atoms with Gasteiger partial charge in [0.25, 0.3) is 0 Å². The fourth-order valence-corrected chi connectivity index (χ4v) is 1.03. The van der Waals surface area contributed by atoms with Crippen LogP contribution in [-0.4, -0.2) is 17.8 Å². The molecule has 0 saturated heterocycles. The lowest BCUT2D eigenvalue weighted by Crippen LogP contribution is -2.27. The second-order valence-electron chi connectivity index (χ2n) is 2.88. The quantitative estimate of drug-likeness (QED) is 0.736. The molecule has 0 heterocycles. The maximum Gasteiger partial charge on any atom is 0.129 e. The topological polar surface area (TPSA) is 46.2 Å². The molecule has 3 N–H and O–H groups in total. The Balaban J connectivity index is 2.77. The van der Waals surface area contributed by atoms with E-state index in [9.17, 15) is 8.78 Å². The van der Waals surface area contributed by atoms with E-state index in [1.165, 1.54) is 12.1 Å². The monoisotopic (exact) mass is 187 g/mol. The summed E-state index contributed by atoms with van der Waals surface area (Å²) in [5.74, 6) is -1.23. The standard InChI is InChI=1S/C9H11F2NO/c10-7-2-1-6(9(11)4-7)3-8(12)5-13/h1-2,4,8,13H,3,5,12H2/t8-/m0/s1. The number of aliphatic hydroxyl groups is 1. The van der Waals surface area contributed by atoms with Crippen LogP contribution in [0, 0.1) is 11.6 Å². The third kappa shape index (κ3) is 2.75. The van der Waals surface area contributed by atoms with Crippen molar-refractivity contribution in [3.8, 4) is 0 Å². The van der Waals surface area contributed by atoms with Crippen molar-refractivity contribution < 1.29 is 13.9 Å². The van der Waals surface area contributed by atoms with Gasteiger partial charge in [-0.2, -0.15) is 0 Å². The molecule has 13 heavy (non-hydrogen) atoms. The van der Waals surface area contributed by atoms with Gasteiger partial charge in [0.05, 0.1) is 6.61 Å². The zero-order chi connectivity index (χ0) is 9.84. The van der Waals surface area contributed by atoms with Crippen LogP contribution >= 0.6 is 0 Å². The normalized spacial score (nSPS) is 12.9. The number of benzene rings is 1. The Labute approximate surface area is 75.0 Å². The SMILES string of the molecule is N[C@H](CO)Cc1ccc(F)cc1F. The van der Waals surface area contributed by atoms with Crippen molar-refractivity contribution in [1.82, 2.24) is 0 Å². The first-order valence-corrected chi connectivity index (χ1v) is 3.94. The van der Waals surface area contributed by atoms with Crippen LogP contribution in [0.3, 0.4) is 0 Å². The molecular formula is C9H11F2NO. The average Bonchev–Trinajstić information content (AvgIpc) is 2.09. The van der Waals surface area contributed by atoms with Crippen LogP contribution in [0.4, 0.5) is 8.78 Å². The minimum atomic E-state index is -0.621. The zero-order valence-electron chi connectivity index (χ0n) is 7.00. The van der Waals surface area contributed by atoms with Crippen molar-refractivity contribution in [2.75, 3.05) is 6.61 Å². The van der Waals surface area contributed by atoms with Crippen molar-refractivity contribution >= 4 is 0 Å². The molecule has 1 aromatic carbocycles. The number of hydrogen-bond donors (Lipinski definition) is 2. The highest BCUT2D eigenvalue weighted by molar-refractivity contribution is 5.19. The minimum absolute atomic E-state index is 0.211. The van der Waals surface area contributed by atoms with E-state index in [1.807, 2.05) is 0 Å². The Bertz CT molecular complexity index is 291. The molecule has 4 heteroatoms. The molecule has 2 nitrogen and oxygen atoms in total. The Kier molecular flexibility index (Phi) is 3.33. The van der Waals surface area contributed by atoms with Gasteiger partial charge in [0.15, 0.2) is 0 Å². The average molecular weight is 187 g/mol. The molecular weight excluding hydrogens is 176 g/mol.